The van der Waals surface area contributed by atoms with Gasteiger partial charge in [0, 0.05) is 5.69 Å². The van der Waals surface area contributed by atoms with Gasteiger partial charge in [-0.1, -0.05) is 36.6 Å². The fourth-order valence-corrected chi connectivity index (χ4v) is 4.07. The lowest BCUT2D eigenvalue weighted by Crippen LogP contribution is -2.45. The van der Waals surface area contributed by atoms with Gasteiger partial charge >= 0.3 is 0 Å². The first-order valence-corrected chi connectivity index (χ1v) is 9.42. The molecule has 0 unspecified atom stereocenters. The molecule has 1 aliphatic rings. The van der Waals surface area contributed by atoms with E-state index >= 15 is 0 Å². The highest BCUT2D eigenvalue weighted by atomic mass is 35.5. The fourth-order valence-electron chi connectivity index (χ4n) is 3.50. The minimum atomic E-state index is -0.146. The maximum atomic E-state index is 6.19. The summed E-state index contributed by atoms with van der Waals surface area (Å²) in [6.07, 6.45) is 4.45. The van der Waals surface area contributed by atoms with Gasteiger partial charge in [-0.25, -0.2) is 0 Å². The number of benzene rings is 2. The minimum absolute atomic E-state index is 0.146. The molecule has 2 N–H and O–H groups in total. The van der Waals surface area contributed by atoms with Crippen LogP contribution in [-0.4, -0.2) is 19.3 Å². The quantitative estimate of drug-likeness (QED) is 0.694. The Bertz CT molecular complexity index is 774. The van der Waals surface area contributed by atoms with Gasteiger partial charge < -0.3 is 20.1 Å². The summed E-state index contributed by atoms with van der Waals surface area (Å²) in [5, 5.41) is 7.92. The summed E-state index contributed by atoms with van der Waals surface area (Å²) in [4.78, 5) is 0. The second-order valence-electron chi connectivity index (χ2n) is 6.45. The van der Waals surface area contributed by atoms with Crippen LogP contribution in [0.4, 0.5) is 5.69 Å². The molecule has 0 spiro atoms. The van der Waals surface area contributed by atoms with Gasteiger partial charge in [0.2, 0.25) is 0 Å². The van der Waals surface area contributed by atoms with Crippen molar-refractivity contribution < 1.29 is 9.47 Å². The van der Waals surface area contributed by atoms with E-state index in [2.05, 4.69) is 22.8 Å². The number of hydrogen-bond acceptors (Lipinski definition) is 3. The average molecular weight is 391 g/mol. The summed E-state index contributed by atoms with van der Waals surface area (Å²) in [5.41, 5.74) is 1.91. The van der Waals surface area contributed by atoms with Crippen LogP contribution >= 0.6 is 23.8 Å². The second kappa shape index (κ2) is 8.14. The first-order valence-electron chi connectivity index (χ1n) is 8.63. The number of thiocarbonyl (C=S) groups is 1. The highest BCUT2D eigenvalue weighted by molar-refractivity contribution is 7.80. The molecule has 0 radical (unpaired) electrons. The zero-order valence-electron chi connectivity index (χ0n) is 15.0. The van der Waals surface area contributed by atoms with Crippen molar-refractivity contribution in [2.45, 2.75) is 31.2 Å². The Morgan fingerprint density at radius 1 is 1.04 bits per heavy atom. The highest BCUT2D eigenvalue weighted by Crippen LogP contribution is 2.39. The molecule has 4 nitrogen and oxygen atoms in total. The van der Waals surface area contributed by atoms with Crippen LogP contribution in [0.1, 0.15) is 31.2 Å². The van der Waals surface area contributed by atoms with E-state index in [4.69, 9.17) is 33.3 Å². The Morgan fingerprint density at radius 3 is 2.31 bits per heavy atom. The Hall–Kier alpha value is -1.98. The second-order valence-corrected chi connectivity index (χ2v) is 7.26. The van der Waals surface area contributed by atoms with E-state index in [1.807, 2.05) is 30.3 Å². The van der Waals surface area contributed by atoms with E-state index in [9.17, 15) is 0 Å². The molecule has 0 heterocycles. The molecule has 2 aromatic carbocycles. The highest BCUT2D eigenvalue weighted by Gasteiger charge is 2.36. The number of hydrogen-bond donors (Lipinski definition) is 2. The lowest BCUT2D eigenvalue weighted by molar-refractivity contribution is 0.401. The summed E-state index contributed by atoms with van der Waals surface area (Å²) in [6, 6.07) is 13.8. The normalized spacial score (nSPS) is 15.3. The van der Waals surface area contributed by atoms with Crippen LogP contribution in [0, 0.1) is 0 Å². The third kappa shape index (κ3) is 4.05. The van der Waals surface area contributed by atoms with Gasteiger partial charge in [-0.15, -0.1) is 0 Å². The summed E-state index contributed by atoms with van der Waals surface area (Å²) >= 11 is 11.8. The number of nitrogens with one attached hydrogen (secondary N) is 2. The van der Waals surface area contributed by atoms with Crippen LogP contribution in [0.25, 0.3) is 0 Å². The van der Waals surface area contributed by atoms with Crippen LogP contribution in [-0.2, 0) is 5.54 Å². The summed E-state index contributed by atoms with van der Waals surface area (Å²) < 4.78 is 10.5. The van der Waals surface area contributed by atoms with E-state index in [1.54, 1.807) is 14.2 Å². The Balaban J connectivity index is 1.75. The van der Waals surface area contributed by atoms with Crippen LogP contribution in [0.15, 0.2) is 42.5 Å². The van der Waals surface area contributed by atoms with Crippen molar-refractivity contribution in [2.24, 2.45) is 0 Å². The maximum Gasteiger partial charge on any atom is 0.171 e. The summed E-state index contributed by atoms with van der Waals surface area (Å²) in [7, 11) is 3.27. The molecule has 138 valence electrons. The van der Waals surface area contributed by atoms with Gasteiger partial charge in [0.05, 0.1) is 24.8 Å². The zero-order valence-corrected chi connectivity index (χ0v) is 16.5. The lowest BCUT2D eigenvalue weighted by atomic mass is 9.88. The topological polar surface area (TPSA) is 42.5 Å². The first kappa shape index (κ1) is 18.8. The van der Waals surface area contributed by atoms with E-state index in [0.717, 1.165) is 24.3 Å². The van der Waals surface area contributed by atoms with Gasteiger partial charge in [0.25, 0.3) is 0 Å². The molecule has 1 aliphatic carbocycles. The fraction of sp³-hybridized carbons (Fsp3) is 0.350. The van der Waals surface area contributed by atoms with E-state index in [1.165, 1.54) is 18.4 Å². The van der Waals surface area contributed by atoms with Crippen molar-refractivity contribution >= 4 is 34.6 Å². The minimum Gasteiger partial charge on any atom is -0.497 e. The molecule has 3 rings (SSSR count). The number of methoxy groups -OCH3 is 2. The first-order chi connectivity index (χ1) is 12.6. The van der Waals surface area contributed by atoms with Gasteiger partial charge in [0.15, 0.2) is 5.11 Å². The lowest BCUT2D eigenvalue weighted by Gasteiger charge is -2.32. The predicted molar refractivity (Wildman–Crippen MR) is 111 cm³/mol. The molecule has 0 amide bonds. The van der Waals surface area contributed by atoms with Gasteiger partial charge in [-0.3, -0.25) is 0 Å². The Labute approximate surface area is 164 Å². The van der Waals surface area contributed by atoms with Gasteiger partial charge in [-0.2, -0.15) is 0 Å². The molecule has 1 fully saturated rings. The van der Waals surface area contributed by atoms with Crippen LogP contribution in [0.3, 0.4) is 0 Å². The largest absolute Gasteiger partial charge is 0.497 e. The van der Waals surface area contributed by atoms with Crippen LogP contribution < -0.4 is 20.1 Å². The smallest absolute Gasteiger partial charge is 0.171 e. The third-order valence-electron chi connectivity index (χ3n) is 4.86. The third-order valence-corrected chi connectivity index (χ3v) is 5.36. The number of rotatable bonds is 5. The molecule has 0 atom stereocenters. The molecular formula is C20H23ClN2O2S. The molecule has 6 heteroatoms. The summed E-state index contributed by atoms with van der Waals surface area (Å²) in [5.74, 6) is 1.50. The molecule has 0 aliphatic heterocycles. The molecule has 0 aromatic heterocycles. The Kier molecular flexibility index (Phi) is 5.89. The molecule has 26 heavy (non-hydrogen) atoms. The monoisotopic (exact) mass is 390 g/mol. The van der Waals surface area contributed by atoms with Crippen molar-refractivity contribution in [3.63, 3.8) is 0 Å². The van der Waals surface area contributed by atoms with E-state index in [-0.39, 0.29) is 5.54 Å². The number of anilines is 1. The SMILES string of the molecule is COc1ccc(C2(NC(=S)Nc3ccc(OC)c(Cl)c3)CCCC2)cc1. The zero-order chi connectivity index (χ0) is 18.6. The van der Waals surface area contributed by atoms with Crippen LogP contribution in [0.5, 0.6) is 11.5 Å². The van der Waals surface area contributed by atoms with Crippen molar-refractivity contribution in [3.05, 3.63) is 53.1 Å². The standard InChI is InChI=1S/C20H23ClN2O2S/c1-24-16-8-5-14(6-9-16)20(11-3-4-12-20)23-19(26)22-15-7-10-18(25-2)17(21)13-15/h5-10,13H,3-4,11-12H2,1-2H3,(H2,22,23,26). The molecule has 1 saturated carbocycles. The molecule has 2 aromatic rings. The van der Waals surface area contributed by atoms with E-state index in [0.29, 0.717) is 15.9 Å². The van der Waals surface area contributed by atoms with Crippen molar-refractivity contribution in [2.75, 3.05) is 19.5 Å². The van der Waals surface area contributed by atoms with Crippen molar-refractivity contribution in [1.82, 2.24) is 5.32 Å². The molecular weight excluding hydrogens is 368 g/mol. The number of ether oxygens (including phenoxy) is 2. The van der Waals surface area contributed by atoms with Crippen LogP contribution in [0.2, 0.25) is 5.02 Å². The Morgan fingerprint density at radius 2 is 1.73 bits per heavy atom. The van der Waals surface area contributed by atoms with Gasteiger partial charge in [0.1, 0.15) is 11.5 Å². The predicted octanol–water partition coefficient (Wildman–Crippen LogP) is 5.11. The van der Waals surface area contributed by atoms with Gasteiger partial charge in [-0.05, 0) is 61.0 Å². The van der Waals surface area contributed by atoms with E-state index < -0.39 is 0 Å². The molecule has 0 saturated heterocycles. The molecule has 0 bridgehead atoms. The maximum absolute atomic E-state index is 6.19. The van der Waals surface area contributed by atoms with Crippen molar-refractivity contribution in [3.8, 4) is 11.5 Å². The summed E-state index contributed by atoms with van der Waals surface area (Å²) in [6.45, 7) is 0. The number of halogens is 1. The van der Waals surface area contributed by atoms with Crippen molar-refractivity contribution in [1.29, 1.82) is 0 Å². The average Bonchev–Trinajstić information content (AvgIpc) is 3.11.